The molecule has 5 unspecified atom stereocenters. The molecule has 0 aliphatic carbocycles. The lowest BCUT2D eigenvalue weighted by Crippen LogP contribution is -2.54. The summed E-state index contributed by atoms with van der Waals surface area (Å²) in [5.74, 6) is -1.80. The third-order valence-corrected chi connectivity index (χ3v) is 4.77. The highest BCUT2D eigenvalue weighted by molar-refractivity contribution is 9.10. The molecule has 1 fully saturated rings. The van der Waals surface area contributed by atoms with Crippen LogP contribution in [-0.2, 0) is 33.3 Å². The van der Waals surface area contributed by atoms with Crippen molar-refractivity contribution in [3.8, 4) is 0 Å². The van der Waals surface area contributed by atoms with Crippen LogP contribution in [-0.4, -0.2) is 42.8 Å². The molecule has 1 saturated heterocycles. The number of hydrogen-bond acceptors (Lipinski definition) is 7. The molecule has 27 heavy (non-hydrogen) atoms. The highest BCUT2D eigenvalue weighted by atomic mass is 79.9. The smallest absolute Gasteiger partial charge is 0.303 e. The molecule has 0 aromatic heterocycles. The number of rotatable bonds is 5. The monoisotopic (exact) mass is 442 g/mol. The zero-order chi connectivity index (χ0) is 20.1. The van der Waals surface area contributed by atoms with Gasteiger partial charge in [-0.25, -0.2) is 0 Å². The zero-order valence-electron chi connectivity index (χ0n) is 15.6. The summed E-state index contributed by atoms with van der Waals surface area (Å²) in [6.07, 6.45) is -2.80. The number of halogens is 1. The van der Waals surface area contributed by atoms with Crippen LogP contribution in [0.3, 0.4) is 0 Å². The van der Waals surface area contributed by atoms with Crippen molar-refractivity contribution in [2.75, 3.05) is 6.61 Å². The summed E-state index contributed by atoms with van der Waals surface area (Å²) < 4.78 is 23.1. The van der Waals surface area contributed by atoms with Gasteiger partial charge in [0, 0.05) is 31.2 Å². The Bertz CT molecular complexity index is 705. The largest absolute Gasteiger partial charge is 0.463 e. The van der Waals surface area contributed by atoms with E-state index < -0.39 is 42.3 Å². The fraction of sp³-hybridized carbons (Fsp3) is 0.526. The van der Waals surface area contributed by atoms with Gasteiger partial charge in [0.05, 0.1) is 6.10 Å². The maximum absolute atomic E-state index is 11.7. The van der Waals surface area contributed by atoms with Crippen molar-refractivity contribution in [2.24, 2.45) is 5.92 Å². The van der Waals surface area contributed by atoms with Crippen molar-refractivity contribution in [3.63, 3.8) is 0 Å². The number of benzene rings is 1. The predicted octanol–water partition coefficient (Wildman–Crippen LogP) is 2.95. The molecule has 1 aliphatic heterocycles. The van der Waals surface area contributed by atoms with E-state index in [2.05, 4.69) is 15.9 Å². The molecule has 7 nitrogen and oxygen atoms in total. The van der Waals surface area contributed by atoms with Gasteiger partial charge in [-0.15, -0.1) is 0 Å². The second kappa shape index (κ2) is 9.32. The third kappa shape index (κ3) is 5.77. The minimum atomic E-state index is -0.829. The van der Waals surface area contributed by atoms with Crippen molar-refractivity contribution < 1.29 is 33.3 Å². The molecule has 148 valence electrons. The van der Waals surface area contributed by atoms with E-state index in [0.717, 1.165) is 10.0 Å². The van der Waals surface area contributed by atoms with E-state index in [4.69, 9.17) is 18.9 Å². The lowest BCUT2D eigenvalue weighted by Gasteiger charge is -2.44. The molecule has 0 spiro atoms. The standard InChI is InChI=1S/C19H23BrO7/c1-10-16(9-24-11(2)21)27-18(14-6-5-7-15(20)8-14)19(26-13(4)23)17(10)25-12(3)22/h5-8,10,16-19H,9H2,1-4H3. The van der Waals surface area contributed by atoms with Gasteiger partial charge in [0.2, 0.25) is 0 Å². The Balaban J connectivity index is 2.41. The number of carbonyl (C=O) groups excluding carboxylic acids is 3. The minimum absolute atomic E-state index is 0.00552. The minimum Gasteiger partial charge on any atom is -0.463 e. The van der Waals surface area contributed by atoms with Crippen molar-refractivity contribution in [2.45, 2.75) is 52.1 Å². The average Bonchev–Trinajstić information content (AvgIpc) is 2.56. The van der Waals surface area contributed by atoms with E-state index in [1.807, 2.05) is 24.3 Å². The summed E-state index contributed by atoms with van der Waals surface area (Å²) in [5, 5.41) is 0. The van der Waals surface area contributed by atoms with Gasteiger partial charge >= 0.3 is 17.9 Å². The molecule has 1 aromatic carbocycles. The molecule has 5 atom stereocenters. The van der Waals surface area contributed by atoms with Crippen LogP contribution in [0, 0.1) is 5.92 Å². The summed E-state index contributed by atoms with van der Waals surface area (Å²) in [6.45, 7) is 5.70. The summed E-state index contributed by atoms with van der Waals surface area (Å²) in [4.78, 5) is 34.6. The first-order chi connectivity index (χ1) is 12.7. The van der Waals surface area contributed by atoms with Crippen LogP contribution in [0.4, 0.5) is 0 Å². The van der Waals surface area contributed by atoms with Crippen LogP contribution >= 0.6 is 15.9 Å². The third-order valence-electron chi connectivity index (χ3n) is 4.28. The Kier molecular flexibility index (Phi) is 7.38. The first kappa shape index (κ1) is 21.4. The molecule has 1 heterocycles. The lowest BCUT2D eigenvalue weighted by atomic mass is 9.85. The van der Waals surface area contributed by atoms with E-state index >= 15 is 0 Å². The molecule has 0 radical (unpaired) electrons. The molecule has 1 aliphatic rings. The Morgan fingerprint density at radius 1 is 1.04 bits per heavy atom. The highest BCUT2D eigenvalue weighted by Gasteiger charge is 2.48. The Morgan fingerprint density at radius 3 is 2.22 bits per heavy atom. The van der Waals surface area contributed by atoms with Gasteiger partial charge in [0.25, 0.3) is 0 Å². The molecule has 0 saturated carbocycles. The van der Waals surface area contributed by atoms with Gasteiger partial charge in [-0.2, -0.15) is 0 Å². The summed E-state index contributed by atoms with van der Waals surface area (Å²) in [7, 11) is 0. The van der Waals surface area contributed by atoms with Crippen molar-refractivity contribution >= 4 is 33.8 Å². The van der Waals surface area contributed by atoms with E-state index in [9.17, 15) is 14.4 Å². The molecule has 0 amide bonds. The van der Waals surface area contributed by atoms with Crippen LogP contribution in [0.25, 0.3) is 0 Å². The number of carbonyl (C=O) groups is 3. The van der Waals surface area contributed by atoms with E-state index in [0.29, 0.717) is 0 Å². The van der Waals surface area contributed by atoms with Gasteiger partial charge in [0.1, 0.15) is 18.8 Å². The van der Waals surface area contributed by atoms with Crippen LogP contribution < -0.4 is 0 Å². The summed E-state index contributed by atoms with van der Waals surface area (Å²) >= 11 is 3.41. The number of ether oxygens (including phenoxy) is 4. The number of esters is 3. The summed E-state index contributed by atoms with van der Waals surface area (Å²) in [6, 6.07) is 7.35. The topological polar surface area (TPSA) is 88.1 Å². The summed E-state index contributed by atoms with van der Waals surface area (Å²) in [5.41, 5.74) is 0.743. The van der Waals surface area contributed by atoms with Gasteiger partial charge in [-0.05, 0) is 17.7 Å². The predicted molar refractivity (Wildman–Crippen MR) is 98.7 cm³/mol. The first-order valence-electron chi connectivity index (χ1n) is 8.57. The van der Waals surface area contributed by atoms with Gasteiger partial charge in [-0.3, -0.25) is 14.4 Å². The van der Waals surface area contributed by atoms with Crippen molar-refractivity contribution in [1.82, 2.24) is 0 Å². The SMILES string of the molecule is CC(=O)OCC1OC(c2cccc(Br)c2)C(OC(C)=O)C(OC(C)=O)C1C. The van der Waals surface area contributed by atoms with Gasteiger partial charge < -0.3 is 18.9 Å². The Hall–Kier alpha value is -1.93. The second-order valence-electron chi connectivity index (χ2n) is 6.46. The van der Waals surface area contributed by atoms with Gasteiger partial charge in [0.15, 0.2) is 6.10 Å². The van der Waals surface area contributed by atoms with Crippen molar-refractivity contribution in [3.05, 3.63) is 34.3 Å². The fourth-order valence-corrected chi connectivity index (χ4v) is 3.52. The molecule has 8 heteroatoms. The molecular formula is C19H23BrO7. The van der Waals surface area contributed by atoms with Crippen LogP contribution in [0.15, 0.2) is 28.7 Å². The zero-order valence-corrected chi connectivity index (χ0v) is 17.2. The van der Waals surface area contributed by atoms with Crippen molar-refractivity contribution in [1.29, 1.82) is 0 Å². The molecule has 1 aromatic rings. The van der Waals surface area contributed by atoms with Crippen LogP contribution in [0.2, 0.25) is 0 Å². The fourth-order valence-electron chi connectivity index (χ4n) is 3.10. The maximum atomic E-state index is 11.7. The average molecular weight is 443 g/mol. The normalized spacial score (nSPS) is 27.5. The Morgan fingerprint density at radius 2 is 1.67 bits per heavy atom. The van der Waals surface area contributed by atoms with E-state index in [1.165, 1.54) is 20.8 Å². The highest BCUT2D eigenvalue weighted by Crippen LogP contribution is 2.39. The number of hydrogen-bond donors (Lipinski definition) is 0. The quantitative estimate of drug-likeness (QED) is 0.511. The maximum Gasteiger partial charge on any atom is 0.303 e. The van der Waals surface area contributed by atoms with E-state index in [-0.39, 0.29) is 12.5 Å². The first-order valence-corrected chi connectivity index (χ1v) is 9.37. The second-order valence-corrected chi connectivity index (χ2v) is 7.38. The molecule has 0 bridgehead atoms. The molecule has 0 N–H and O–H groups in total. The Labute approximate surface area is 166 Å². The molecule has 2 rings (SSSR count). The van der Waals surface area contributed by atoms with E-state index in [1.54, 1.807) is 6.92 Å². The van der Waals surface area contributed by atoms with Crippen LogP contribution in [0.5, 0.6) is 0 Å². The molecular weight excluding hydrogens is 420 g/mol. The lowest BCUT2D eigenvalue weighted by molar-refractivity contribution is -0.232. The van der Waals surface area contributed by atoms with Crippen LogP contribution in [0.1, 0.15) is 39.4 Å². The van der Waals surface area contributed by atoms with Gasteiger partial charge in [-0.1, -0.05) is 35.0 Å².